The summed E-state index contributed by atoms with van der Waals surface area (Å²) in [4.78, 5) is 17.0. The Morgan fingerprint density at radius 2 is 1.87 bits per heavy atom. The van der Waals surface area contributed by atoms with E-state index < -0.39 is 0 Å². The molecule has 1 fully saturated rings. The Kier molecular flexibility index (Phi) is 4.39. The van der Waals surface area contributed by atoms with E-state index >= 15 is 0 Å². The molecular formula is C18H23N3O2. The van der Waals surface area contributed by atoms with Gasteiger partial charge in [0.1, 0.15) is 11.4 Å². The van der Waals surface area contributed by atoms with E-state index in [4.69, 9.17) is 4.74 Å². The van der Waals surface area contributed by atoms with Gasteiger partial charge in [0.05, 0.1) is 13.2 Å². The van der Waals surface area contributed by atoms with E-state index in [1.54, 1.807) is 7.11 Å². The number of rotatable bonds is 3. The van der Waals surface area contributed by atoms with Crippen molar-refractivity contribution in [3.63, 3.8) is 0 Å². The van der Waals surface area contributed by atoms with Gasteiger partial charge in [-0.15, -0.1) is 0 Å². The van der Waals surface area contributed by atoms with Gasteiger partial charge in [0.25, 0.3) is 5.91 Å². The lowest BCUT2D eigenvalue weighted by Gasteiger charge is -2.39. The van der Waals surface area contributed by atoms with Crippen molar-refractivity contribution >= 4 is 5.91 Å². The molecule has 1 amide bonds. The second kappa shape index (κ2) is 6.46. The van der Waals surface area contributed by atoms with Gasteiger partial charge in [-0.2, -0.15) is 0 Å². The molecule has 0 saturated carbocycles. The van der Waals surface area contributed by atoms with E-state index in [0.717, 1.165) is 24.5 Å². The number of hydrogen-bond donors (Lipinski definition) is 0. The van der Waals surface area contributed by atoms with Crippen LogP contribution in [0.5, 0.6) is 5.75 Å². The maximum absolute atomic E-state index is 12.7. The lowest BCUT2D eigenvalue weighted by molar-refractivity contribution is 0.0537. The maximum atomic E-state index is 12.7. The number of carbonyl (C=O) groups excluding carboxylic acids is 1. The van der Waals surface area contributed by atoms with Gasteiger partial charge < -0.3 is 14.2 Å². The number of aryl methyl sites for hydroxylation is 1. The zero-order valence-electron chi connectivity index (χ0n) is 13.9. The highest BCUT2D eigenvalue weighted by Gasteiger charge is 2.29. The molecular weight excluding hydrogens is 290 g/mol. The lowest BCUT2D eigenvalue weighted by Crippen LogP contribution is -2.49. The fourth-order valence-electron chi connectivity index (χ4n) is 3.09. The van der Waals surface area contributed by atoms with Crippen molar-refractivity contribution in [2.45, 2.75) is 6.04 Å². The number of methoxy groups -OCH3 is 1. The summed E-state index contributed by atoms with van der Waals surface area (Å²) in [6.07, 6.45) is 1.91. The average molecular weight is 313 g/mol. The normalized spacial score (nSPS) is 18.9. The molecule has 0 unspecified atom stereocenters. The van der Waals surface area contributed by atoms with Crippen LogP contribution in [-0.4, -0.2) is 54.1 Å². The van der Waals surface area contributed by atoms with Crippen LogP contribution in [0.15, 0.2) is 42.6 Å². The summed E-state index contributed by atoms with van der Waals surface area (Å²) in [6.45, 7) is 2.33. The van der Waals surface area contributed by atoms with Crippen molar-refractivity contribution in [2.75, 3.05) is 33.8 Å². The first-order valence-electron chi connectivity index (χ1n) is 7.85. The first-order valence-corrected chi connectivity index (χ1v) is 7.85. The number of aromatic nitrogens is 1. The quantitative estimate of drug-likeness (QED) is 0.871. The lowest BCUT2D eigenvalue weighted by atomic mass is 10.0. The number of benzene rings is 1. The summed E-state index contributed by atoms with van der Waals surface area (Å²) >= 11 is 0. The largest absolute Gasteiger partial charge is 0.497 e. The Balaban J connectivity index is 1.78. The van der Waals surface area contributed by atoms with Crippen molar-refractivity contribution < 1.29 is 9.53 Å². The highest BCUT2D eigenvalue weighted by atomic mass is 16.5. The number of carbonyl (C=O) groups is 1. The summed E-state index contributed by atoms with van der Waals surface area (Å²) in [6, 6.07) is 12.1. The van der Waals surface area contributed by atoms with Gasteiger partial charge in [-0.05, 0) is 36.9 Å². The topological polar surface area (TPSA) is 37.7 Å². The Morgan fingerprint density at radius 1 is 1.13 bits per heavy atom. The fourth-order valence-corrected chi connectivity index (χ4v) is 3.09. The molecule has 5 nitrogen and oxygen atoms in total. The number of nitrogens with zero attached hydrogens (tertiary/aromatic N) is 3. The van der Waals surface area contributed by atoms with E-state index in [2.05, 4.69) is 24.1 Å². The minimum absolute atomic E-state index is 0.101. The van der Waals surface area contributed by atoms with E-state index in [-0.39, 0.29) is 11.9 Å². The van der Waals surface area contributed by atoms with Crippen molar-refractivity contribution in [3.05, 3.63) is 53.9 Å². The smallest absolute Gasteiger partial charge is 0.270 e. The molecule has 122 valence electrons. The number of likely N-dealkylation sites (N-methyl/N-ethyl adjacent to an activating group) is 1. The second-order valence-electron chi connectivity index (χ2n) is 6.03. The number of hydrogen-bond acceptors (Lipinski definition) is 3. The molecule has 1 atom stereocenters. The molecule has 1 aliphatic heterocycles. The van der Waals surface area contributed by atoms with Crippen LogP contribution in [0.4, 0.5) is 0 Å². The Morgan fingerprint density at radius 3 is 2.48 bits per heavy atom. The summed E-state index contributed by atoms with van der Waals surface area (Å²) in [5, 5.41) is 0. The van der Waals surface area contributed by atoms with Crippen LogP contribution < -0.4 is 4.74 Å². The number of ether oxygens (including phenoxy) is 1. The van der Waals surface area contributed by atoms with Crippen LogP contribution in [-0.2, 0) is 7.05 Å². The monoisotopic (exact) mass is 313 g/mol. The SMILES string of the molecule is COc1ccc([C@H]2CN(C(=O)c3cccn3C)CCN2C)cc1. The molecule has 0 N–H and O–H groups in total. The van der Waals surface area contributed by atoms with Crippen LogP contribution in [0.3, 0.4) is 0 Å². The highest BCUT2D eigenvalue weighted by molar-refractivity contribution is 5.92. The van der Waals surface area contributed by atoms with Crippen LogP contribution >= 0.6 is 0 Å². The summed E-state index contributed by atoms with van der Waals surface area (Å²) < 4.78 is 7.10. The molecule has 1 aliphatic rings. The molecule has 0 spiro atoms. The molecule has 1 aromatic carbocycles. The summed E-state index contributed by atoms with van der Waals surface area (Å²) in [7, 11) is 5.69. The zero-order valence-corrected chi connectivity index (χ0v) is 13.9. The molecule has 0 bridgehead atoms. The van der Waals surface area contributed by atoms with Gasteiger partial charge in [-0.25, -0.2) is 0 Å². The van der Waals surface area contributed by atoms with Crippen molar-refractivity contribution in [1.82, 2.24) is 14.4 Å². The predicted octanol–water partition coefficient (Wildman–Crippen LogP) is 2.16. The zero-order chi connectivity index (χ0) is 16.4. The Hall–Kier alpha value is -2.27. The number of piperazine rings is 1. The third-order valence-corrected chi connectivity index (χ3v) is 4.60. The predicted molar refractivity (Wildman–Crippen MR) is 89.7 cm³/mol. The van der Waals surface area contributed by atoms with Crippen molar-refractivity contribution in [3.8, 4) is 5.75 Å². The Bertz CT molecular complexity index is 678. The van der Waals surface area contributed by atoms with Crippen molar-refractivity contribution in [1.29, 1.82) is 0 Å². The minimum atomic E-state index is 0.101. The van der Waals surface area contributed by atoms with Gasteiger partial charge in [-0.3, -0.25) is 9.69 Å². The van der Waals surface area contributed by atoms with Crippen LogP contribution in [0.2, 0.25) is 0 Å². The molecule has 3 rings (SSSR count). The third kappa shape index (κ3) is 3.10. The van der Waals surface area contributed by atoms with E-state index in [0.29, 0.717) is 6.54 Å². The van der Waals surface area contributed by atoms with Gasteiger partial charge in [0.15, 0.2) is 0 Å². The first kappa shape index (κ1) is 15.6. The third-order valence-electron chi connectivity index (χ3n) is 4.60. The average Bonchev–Trinajstić information content (AvgIpc) is 3.01. The molecule has 1 saturated heterocycles. The van der Waals surface area contributed by atoms with Crippen LogP contribution in [0.1, 0.15) is 22.1 Å². The maximum Gasteiger partial charge on any atom is 0.270 e. The molecule has 23 heavy (non-hydrogen) atoms. The van der Waals surface area contributed by atoms with Gasteiger partial charge in [0, 0.05) is 32.9 Å². The van der Waals surface area contributed by atoms with Crippen LogP contribution in [0, 0.1) is 0 Å². The fraction of sp³-hybridized carbons (Fsp3) is 0.389. The Labute approximate surface area is 137 Å². The van der Waals surface area contributed by atoms with E-state index in [9.17, 15) is 4.79 Å². The molecule has 5 heteroatoms. The van der Waals surface area contributed by atoms with Gasteiger partial charge in [0.2, 0.25) is 0 Å². The molecule has 0 aliphatic carbocycles. The summed E-state index contributed by atoms with van der Waals surface area (Å²) in [5.41, 5.74) is 1.95. The molecule has 2 heterocycles. The van der Waals surface area contributed by atoms with E-state index in [1.165, 1.54) is 5.56 Å². The van der Waals surface area contributed by atoms with Crippen molar-refractivity contribution in [2.24, 2.45) is 7.05 Å². The summed E-state index contributed by atoms with van der Waals surface area (Å²) in [5.74, 6) is 0.952. The van der Waals surface area contributed by atoms with Gasteiger partial charge in [-0.1, -0.05) is 12.1 Å². The second-order valence-corrected chi connectivity index (χ2v) is 6.03. The number of amides is 1. The minimum Gasteiger partial charge on any atom is -0.497 e. The molecule has 0 radical (unpaired) electrons. The standard InChI is InChI=1S/C18H23N3O2/c1-19-10-4-5-16(19)18(22)21-12-11-20(2)17(13-21)14-6-8-15(23-3)9-7-14/h4-10,17H,11-13H2,1-3H3/t17-/m1/s1. The van der Waals surface area contributed by atoms with Crippen LogP contribution in [0.25, 0.3) is 0 Å². The van der Waals surface area contributed by atoms with E-state index in [1.807, 2.05) is 47.0 Å². The first-order chi connectivity index (χ1) is 11.1. The molecule has 1 aromatic heterocycles. The van der Waals surface area contributed by atoms with Gasteiger partial charge >= 0.3 is 0 Å². The molecule has 2 aromatic rings. The highest BCUT2D eigenvalue weighted by Crippen LogP contribution is 2.26.